The van der Waals surface area contributed by atoms with Gasteiger partial charge < -0.3 is 24.8 Å². The molecule has 0 fully saturated rings. The van der Waals surface area contributed by atoms with E-state index in [1.165, 1.54) is 13.2 Å². The highest BCUT2D eigenvalue weighted by atomic mass is 35.5. The molecular weight excluding hydrogens is 388 g/mol. The van der Waals surface area contributed by atoms with E-state index in [9.17, 15) is 14.4 Å². The van der Waals surface area contributed by atoms with Gasteiger partial charge in [-0.2, -0.15) is 0 Å². The Balaban J connectivity index is 1.65. The molecule has 8 nitrogen and oxygen atoms in total. The summed E-state index contributed by atoms with van der Waals surface area (Å²) >= 11 is 5.96. The van der Waals surface area contributed by atoms with Crippen molar-refractivity contribution in [1.29, 1.82) is 0 Å². The smallest absolute Gasteiger partial charge is 0.325 e. The number of nitrogens with one attached hydrogen (secondary N) is 2. The monoisotopic (exact) mass is 406 g/mol. The van der Waals surface area contributed by atoms with E-state index in [1.807, 2.05) is 6.07 Å². The van der Waals surface area contributed by atoms with Gasteiger partial charge in [0.15, 0.2) is 13.2 Å². The van der Waals surface area contributed by atoms with Crippen molar-refractivity contribution in [2.75, 3.05) is 32.2 Å². The SMILES string of the molecule is COc1ccc(NC(=O)COC(=O)CNC(=O)COc2ccccc2)cc1Cl. The average Bonchev–Trinajstić information content (AvgIpc) is 2.70. The highest BCUT2D eigenvalue weighted by Gasteiger charge is 2.11. The quantitative estimate of drug-likeness (QED) is 0.617. The van der Waals surface area contributed by atoms with Crippen molar-refractivity contribution < 1.29 is 28.6 Å². The first-order chi connectivity index (χ1) is 13.5. The van der Waals surface area contributed by atoms with Crippen LogP contribution >= 0.6 is 11.6 Å². The maximum absolute atomic E-state index is 11.8. The second-order valence-electron chi connectivity index (χ2n) is 5.44. The van der Waals surface area contributed by atoms with Gasteiger partial charge in [0.05, 0.1) is 12.1 Å². The predicted octanol–water partition coefficient (Wildman–Crippen LogP) is 2.03. The summed E-state index contributed by atoms with van der Waals surface area (Å²) in [5, 5.41) is 5.21. The van der Waals surface area contributed by atoms with E-state index in [4.69, 9.17) is 25.8 Å². The van der Waals surface area contributed by atoms with Crippen molar-refractivity contribution in [2.45, 2.75) is 0 Å². The largest absolute Gasteiger partial charge is 0.495 e. The number of carbonyl (C=O) groups excluding carboxylic acids is 3. The van der Waals surface area contributed by atoms with Crippen molar-refractivity contribution in [1.82, 2.24) is 5.32 Å². The summed E-state index contributed by atoms with van der Waals surface area (Å²) in [5.41, 5.74) is 0.429. The molecule has 0 bridgehead atoms. The number of carbonyl (C=O) groups is 3. The van der Waals surface area contributed by atoms with E-state index in [-0.39, 0.29) is 13.2 Å². The first-order valence-corrected chi connectivity index (χ1v) is 8.59. The molecule has 0 saturated carbocycles. The molecule has 0 radical (unpaired) electrons. The second kappa shape index (κ2) is 10.8. The number of hydrogen-bond acceptors (Lipinski definition) is 6. The Bertz CT molecular complexity index is 828. The van der Waals surface area contributed by atoms with Crippen LogP contribution in [0.1, 0.15) is 0 Å². The van der Waals surface area contributed by atoms with Crippen LogP contribution in [0.3, 0.4) is 0 Å². The minimum absolute atomic E-state index is 0.240. The van der Waals surface area contributed by atoms with Crippen LogP contribution in [0.4, 0.5) is 5.69 Å². The topological polar surface area (TPSA) is 103 Å². The molecule has 2 rings (SSSR count). The van der Waals surface area contributed by atoms with Crippen LogP contribution in [0, 0.1) is 0 Å². The highest BCUT2D eigenvalue weighted by molar-refractivity contribution is 6.32. The third-order valence-corrected chi connectivity index (χ3v) is 3.64. The fourth-order valence-electron chi connectivity index (χ4n) is 2.03. The van der Waals surface area contributed by atoms with E-state index in [1.54, 1.807) is 36.4 Å². The predicted molar refractivity (Wildman–Crippen MR) is 103 cm³/mol. The van der Waals surface area contributed by atoms with Crippen LogP contribution in [-0.4, -0.2) is 44.7 Å². The van der Waals surface area contributed by atoms with Crippen LogP contribution in [0.5, 0.6) is 11.5 Å². The molecule has 2 aromatic rings. The molecule has 28 heavy (non-hydrogen) atoms. The maximum atomic E-state index is 11.8. The molecule has 0 heterocycles. The Morgan fingerprint density at radius 1 is 1.00 bits per heavy atom. The molecule has 2 amide bonds. The molecule has 148 valence electrons. The zero-order valence-corrected chi connectivity index (χ0v) is 15.8. The summed E-state index contributed by atoms with van der Waals surface area (Å²) < 4.78 is 15.1. The van der Waals surface area contributed by atoms with Gasteiger partial charge in [0, 0.05) is 5.69 Å². The zero-order valence-electron chi connectivity index (χ0n) is 15.1. The molecule has 0 unspecified atom stereocenters. The molecule has 2 aromatic carbocycles. The van der Waals surface area contributed by atoms with Gasteiger partial charge in [-0.15, -0.1) is 0 Å². The molecule has 0 saturated heterocycles. The van der Waals surface area contributed by atoms with Gasteiger partial charge in [-0.05, 0) is 30.3 Å². The molecule has 0 aliphatic heterocycles. The summed E-state index contributed by atoms with van der Waals surface area (Å²) in [5.74, 6) is -0.781. The molecule has 0 spiro atoms. The van der Waals surface area contributed by atoms with Crippen molar-refractivity contribution >= 4 is 35.1 Å². The number of para-hydroxylation sites is 1. The molecule has 0 aliphatic rings. The summed E-state index contributed by atoms with van der Waals surface area (Å²) in [7, 11) is 1.48. The summed E-state index contributed by atoms with van der Waals surface area (Å²) in [6, 6.07) is 13.5. The number of rotatable bonds is 9. The van der Waals surface area contributed by atoms with Crippen LogP contribution in [0.2, 0.25) is 5.02 Å². The third-order valence-electron chi connectivity index (χ3n) is 3.34. The normalized spacial score (nSPS) is 9.93. The van der Waals surface area contributed by atoms with E-state index in [2.05, 4.69) is 10.6 Å². The van der Waals surface area contributed by atoms with Gasteiger partial charge >= 0.3 is 5.97 Å². The van der Waals surface area contributed by atoms with Gasteiger partial charge in [0.2, 0.25) is 0 Å². The molecule has 0 aromatic heterocycles. The Hall–Kier alpha value is -3.26. The Morgan fingerprint density at radius 2 is 1.75 bits per heavy atom. The van der Waals surface area contributed by atoms with Gasteiger partial charge in [0.1, 0.15) is 18.0 Å². The highest BCUT2D eigenvalue weighted by Crippen LogP contribution is 2.27. The van der Waals surface area contributed by atoms with Crippen LogP contribution in [0.25, 0.3) is 0 Å². The Labute approximate surface area is 166 Å². The number of esters is 1. The lowest BCUT2D eigenvalue weighted by atomic mass is 10.3. The van der Waals surface area contributed by atoms with Gasteiger partial charge in [-0.1, -0.05) is 29.8 Å². The third kappa shape index (κ3) is 7.16. The van der Waals surface area contributed by atoms with Crippen molar-refractivity contribution in [2.24, 2.45) is 0 Å². The Morgan fingerprint density at radius 3 is 2.43 bits per heavy atom. The Kier molecular flexibility index (Phi) is 8.11. The average molecular weight is 407 g/mol. The van der Waals surface area contributed by atoms with E-state index >= 15 is 0 Å². The molecule has 2 N–H and O–H groups in total. The maximum Gasteiger partial charge on any atom is 0.325 e. The molecule has 9 heteroatoms. The van der Waals surface area contributed by atoms with E-state index < -0.39 is 24.4 Å². The summed E-state index contributed by atoms with van der Waals surface area (Å²) in [6.45, 7) is -1.12. The number of amides is 2. The van der Waals surface area contributed by atoms with Crippen LogP contribution < -0.4 is 20.1 Å². The van der Waals surface area contributed by atoms with Crippen molar-refractivity contribution in [3.05, 3.63) is 53.6 Å². The standard InChI is InChI=1S/C19H19ClN2O6/c1-26-16-8-7-13(9-15(16)20)22-18(24)12-28-19(25)10-21-17(23)11-27-14-5-3-2-4-6-14/h2-9H,10-12H2,1H3,(H,21,23)(H,22,24). The fourth-order valence-corrected chi connectivity index (χ4v) is 2.28. The number of ether oxygens (including phenoxy) is 3. The number of halogens is 1. The van der Waals surface area contributed by atoms with Gasteiger partial charge in [-0.3, -0.25) is 14.4 Å². The van der Waals surface area contributed by atoms with Crippen molar-refractivity contribution in [3.63, 3.8) is 0 Å². The minimum Gasteiger partial charge on any atom is -0.495 e. The lowest BCUT2D eigenvalue weighted by Crippen LogP contribution is -2.35. The molecular formula is C19H19ClN2O6. The van der Waals surface area contributed by atoms with Gasteiger partial charge in [-0.25, -0.2) is 0 Å². The first kappa shape index (κ1) is 21.0. The van der Waals surface area contributed by atoms with E-state index in [0.717, 1.165) is 0 Å². The lowest BCUT2D eigenvalue weighted by molar-refractivity contribution is -0.147. The molecule has 0 aliphatic carbocycles. The molecule has 0 atom stereocenters. The lowest BCUT2D eigenvalue weighted by Gasteiger charge is -2.09. The van der Waals surface area contributed by atoms with Crippen LogP contribution in [-0.2, 0) is 19.1 Å². The number of benzene rings is 2. The first-order valence-electron chi connectivity index (χ1n) is 8.21. The summed E-state index contributed by atoms with van der Waals surface area (Å²) in [6.07, 6.45) is 0. The van der Waals surface area contributed by atoms with Crippen LogP contribution in [0.15, 0.2) is 48.5 Å². The van der Waals surface area contributed by atoms with Gasteiger partial charge in [0.25, 0.3) is 11.8 Å². The minimum atomic E-state index is -0.754. The second-order valence-corrected chi connectivity index (χ2v) is 5.84. The van der Waals surface area contributed by atoms with Crippen molar-refractivity contribution in [3.8, 4) is 11.5 Å². The van der Waals surface area contributed by atoms with E-state index in [0.29, 0.717) is 22.2 Å². The number of anilines is 1. The summed E-state index contributed by atoms with van der Waals surface area (Å²) in [4.78, 5) is 35.1. The number of hydrogen-bond donors (Lipinski definition) is 2. The zero-order chi connectivity index (χ0) is 20.4. The number of methoxy groups -OCH3 is 1. The fraction of sp³-hybridized carbons (Fsp3) is 0.211.